The zero-order valence-corrected chi connectivity index (χ0v) is 15.9. The number of carboxylic acid groups (broad SMARTS) is 4. The summed E-state index contributed by atoms with van der Waals surface area (Å²) in [6.07, 6.45) is -2.30. The molecule has 0 saturated heterocycles. The second-order valence-electron chi connectivity index (χ2n) is 6.00. The van der Waals surface area contributed by atoms with E-state index in [0.29, 0.717) is 0 Å². The van der Waals surface area contributed by atoms with E-state index in [9.17, 15) is 19.2 Å². The van der Waals surface area contributed by atoms with Crippen LogP contribution in [0.4, 0.5) is 0 Å². The van der Waals surface area contributed by atoms with Gasteiger partial charge < -0.3 is 52.3 Å². The summed E-state index contributed by atoms with van der Waals surface area (Å²) in [6, 6.07) is -1.27. The number of aliphatic hydroxyl groups is 4. The van der Waals surface area contributed by atoms with Crippen LogP contribution in [0.25, 0.3) is 0 Å². The third-order valence-electron chi connectivity index (χ3n) is 3.35. The molecular weight excluding hydrogens is 416 g/mol. The van der Waals surface area contributed by atoms with E-state index in [1.807, 2.05) is 0 Å². The molecule has 0 aromatic rings. The van der Waals surface area contributed by atoms with Crippen LogP contribution in [0.15, 0.2) is 0 Å². The molecule has 30 heavy (non-hydrogen) atoms. The molecule has 0 radical (unpaired) electrons. The second kappa shape index (κ2) is 14.5. The maximum Gasteiger partial charge on any atom is 0.317 e. The van der Waals surface area contributed by atoms with Crippen molar-refractivity contribution in [3.05, 3.63) is 0 Å². The largest absolute Gasteiger partial charge is 0.480 e. The Bertz CT molecular complexity index is 503. The number of carbonyl (C=O) groups is 4. The van der Waals surface area contributed by atoms with E-state index in [2.05, 4.69) is 0 Å². The zero-order valence-electron chi connectivity index (χ0n) is 15.9. The van der Waals surface area contributed by atoms with Crippen LogP contribution in [0.5, 0.6) is 0 Å². The molecule has 176 valence electrons. The van der Waals surface area contributed by atoms with Crippen LogP contribution in [0.2, 0.25) is 0 Å². The van der Waals surface area contributed by atoms with Gasteiger partial charge in [0.15, 0.2) is 0 Å². The molecule has 0 aromatic carbocycles. The fourth-order valence-electron chi connectivity index (χ4n) is 1.84. The van der Waals surface area contributed by atoms with Gasteiger partial charge in [-0.2, -0.15) is 0 Å². The van der Waals surface area contributed by atoms with E-state index in [1.165, 1.54) is 0 Å². The predicted octanol–water partition coefficient (Wildman–Crippen LogP) is -5.81. The van der Waals surface area contributed by atoms with Crippen LogP contribution in [0.3, 0.4) is 0 Å². The summed E-state index contributed by atoms with van der Waals surface area (Å²) in [5, 5.41) is 68.5. The Hall–Kier alpha value is -2.44. The summed E-state index contributed by atoms with van der Waals surface area (Å²) >= 11 is 0. The van der Waals surface area contributed by atoms with Crippen LogP contribution >= 0.6 is 0 Å². The van der Waals surface area contributed by atoms with Crippen molar-refractivity contribution in [2.75, 3.05) is 45.8 Å². The lowest BCUT2D eigenvalue weighted by molar-refractivity contribution is -0.297. The van der Waals surface area contributed by atoms with Gasteiger partial charge in [0, 0.05) is 19.6 Å². The van der Waals surface area contributed by atoms with Crippen LogP contribution in [0.1, 0.15) is 0 Å². The van der Waals surface area contributed by atoms with Crippen molar-refractivity contribution < 1.29 is 60.0 Å². The lowest BCUT2D eigenvalue weighted by atomic mass is 10.1. The molecule has 1 atom stereocenters. The fraction of sp³-hybridized carbons (Fsp3) is 0.714. The summed E-state index contributed by atoms with van der Waals surface area (Å²) < 4.78 is 0. The molecular formula is C14H28N4O12. The lowest BCUT2D eigenvalue weighted by Crippen LogP contribution is -2.59. The number of hydrogen-bond donors (Lipinski definition) is 10. The van der Waals surface area contributed by atoms with Crippen molar-refractivity contribution in [1.82, 2.24) is 9.80 Å². The minimum Gasteiger partial charge on any atom is -0.480 e. The Kier molecular flexibility index (Phi) is 14.4. The van der Waals surface area contributed by atoms with E-state index < -0.39 is 68.2 Å². The molecule has 0 rings (SSSR count). The van der Waals surface area contributed by atoms with E-state index in [1.54, 1.807) is 0 Å². The summed E-state index contributed by atoms with van der Waals surface area (Å²) in [7, 11) is 0. The van der Waals surface area contributed by atoms with E-state index in [-0.39, 0.29) is 19.6 Å². The van der Waals surface area contributed by atoms with Crippen molar-refractivity contribution >= 4 is 23.9 Å². The smallest absolute Gasteiger partial charge is 0.317 e. The number of hydrogen-bond acceptors (Lipinski definition) is 12. The predicted molar refractivity (Wildman–Crippen MR) is 95.8 cm³/mol. The van der Waals surface area contributed by atoms with Crippen molar-refractivity contribution in [3.63, 3.8) is 0 Å². The number of rotatable bonds is 14. The van der Waals surface area contributed by atoms with Crippen LogP contribution in [-0.4, -0.2) is 138 Å². The van der Waals surface area contributed by atoms with Gasteiger partial charge in [0.05, 0.1) is 32.2 Å². The molecule has 16 nitrogen and oxygen atoms in total. The number of aliphatic hydroxyl groups excluding tert-OH is 1. The highest BCUT2D eigenvalue weighted by atomic mass is 16.6. The zero-order chi connectivity index (χ0) is 24.1. The Morgan fingerprint density at radius 1 is 0.733 bits per heavy atom. The molecule has 0 aliphatic heterocycles. The number of carboxylic acids is 4. The quantitative estimate of drug-likeness (QED) is 0.112. The van der Waals surface area contributed by atoms with E-state index in [0.717, 1.165) is 9.80 Å². The van der Waals surface area contributed by atoms with E-state index in [4.69, 9.17) is 52.3 Å². The standard InChI is InChI=1S/C10H16N2O8.C4H12N2O4/c13-7(14)3-11(4-8(15)16)1-2-12(5-9(17)18)6-10(19)20;5-1-2(6)4(9,10)3(7)8/h1-6H2,(H,13,14)(H,15,16)(H,17,18)(H,19,20);2-3,7-10H,1,5-6H2. The van der Waals surface area contributed by atoms with Gasteiger partial charge in [-0.05, 0) is 0 Å². The average Bonchev–Trinajstić information content (AvgIpc) is 2.57. The topological polar surface area (TPSA) is 289 Å². The lowest BCUT2D eigenvalue weighted by Gasteiger charge is -2.28. The van der Waals surface area contributed by atoms with Gasteiger partial charge in [-0.3, -0.25) is 29.0 Å². The highest BCUT2D eigenvalue weighted by Gasteiger charge is 2.37. The van der Waals surface area contributed by atoms with Crippen molar-refractivity contribution in [2.24, 2.45) is 11.5 Å². The van der Waals surface area contributed by atoms with Gasteiger partial charge in [-0.1, -0.05) is 0 Å². The minimum atomic E-state index is -2.73. The Morgan fingerprint density at radius 2 is 1.00 bits per heavy atom. The molecule has 0 fully saturated rings. The first-order valence-electron chi connectivity index (χ1n) is 8.21. The van der Waals surface area contributed by atoms with Crippen molar-refractivity contribution in [3.8, 4) is 0 Å². The third-order valence-corrected chi connectivity index (χ3v) is 3.35. The van der Waals surface area contributed by atoms with Gasteiger partial charge in [0.1, 0.15) is 0 Å². The fourth-order valence-corrected chi connectivity index (χ4v) is 1.84. The molecule has 0 amide bonds. The molecule has 0 heterocycles. The maximum atomic E-state index is 10.6. The summed E-state index contributed by atoms with van der Waals surface area (Å²) in [5.41, 5.74) is 9.94. The van der Waals surface area contributed by atoms with Gasteiger partial charge in [0.2, 0.25) is 12.1 Å². The molecule has 0 saturated carbocycles. The molecule has 12 N–H and O–H groups in total. The number of nitrogens with zero attached hydrogens (tertiary/aromatic N) is 2. The van der Waals surface area contributed by atoms with Crippen molar-refractivity contribution in [2.45, 2.75) is 18.1 Å². The highest BCUT2D eigenvalue weighted by molar-refractivity contribution is 5.73. The van der Waals surface area contributed by atoms with Crippen LogP contribution < -0.4 is 11.5 Å². The summed E-state index contributed by atoms with van der Waals surface area (Å²) in [4.78, 5) is 44.4. The van der Waals surface area contributed by atoms with E-state index >= 15 is 0 Å². The van der Waals surface area contributed by atoms with Gasteiger partial charge in [0.25, 0.3) is 0 Å². The number of nitrogens with two attached hydrogens (primary N) is 2. The summed E-state index contributed by atoms with van der Waals surface area (Å²) in [5.74, 6) is -7.64. The Balaban J connectivity index is 0. The van der Waals surface area contributed by atoms with Gasteiger partial charge in [-0.15, -0.1) is 0 Å². The molecule has 16 heteroatoms. The van der Waals surface area contributed by atoms with Gasteiger partial charge >= 0.3 is 23.9 Å². The average molecular weight is 444 g/mol. The monoisotopic (exact) mass is 444 g/mol. The maximum absolute atomic E-state index is 10.6. The molecule has 0 spiro atoms. The van der Waals surface area contributed by atoms with Gasteiger partial charge in [-0.25, -0.2) is 0 Å². The Labute approximate surface area is 170 Å². The number of aliphatic carboxylic acids is 4. The Morgan fingerprint density at radius 3 is 1.13 bits per heavy atom. The summed E-state index contributed by atoms with van der Waals surface area (Å²) in [6.45, 7) is -2.50. The first kappa shape index (κ1) is 29.8. The molecule has 0 aliphatic rings. The van der Waals surface area contributed by atoms with Crippen molar-refractivity contribution in [1.29, 1.82) is 0 Å². The molecule has 0 aromatic heterocycles. The molecule has 0 bridgehead atoms. The van der Waals surface area contributed by atoms with Crippen LogP contribution in [0, 0.1) is 0 Å². The SMILES string of the molecule is NCC(N)C(O)(O)C(O)O.O=C(O)CN(CCN(CC(=O)O)CC(=O)O)CC(=O)O. The first-order chi connectivity index (χ1) is 13.6. The molecule has 1 unspecified atom stereocenters. The normalized spacial score (nSPS) is 12.4. The highest BCUT2D eigenvalue weighted by Crippen LogP contribution is 2.06. The van der Waals surface area contributed by atoms with Crippen LogP contribution in [-0.2, 0) is 19.2 Å². The molecule has 0 aliphatic carbocycles. The second-order valence-corrected chi connectivity index (χ2v) is 6.00. The third kappa shape index (κ3) is 14.5. The first-order valence-corrected chi connectivity index (χ1v) is 8.21. The minimum absolute atomic E-state index is 0.0703.